The number of unbranched alkanes of at least 4 members (excludes halogenated alkanes) is 1. The maximum Gasteiger partial charge on any atom is 0.490 e. The van der Waals surface area contributed by atoms with Gasteiger partial charge in [0.05, 0.1) is 11.0 Å². The zero-order valence-corrected chi connectivity index (χ0v) is 33.3. The van der Waals surface area contributed by atoms with Crippen LogP contribution in [0.2, 0.25) is 0 Å². The largest absolute Gasteiger partial charge is 0.490 e. The summed E-state index contributed by atoms with van der Waals surface area (Å²) in [6.07, 6.45) is -5.99. The van der Waals surface area contributed by atoms with Gasteiger partial charge in [0.2, 0.25) is 23.6 Å². The van der Waals surface area contributed by atoms with E-state index in [1.807, 2.05) is 60.7 Å². The number of hydrogen-bond donors (Lipinski definition) is 8. The summed E-state index contributed by atoms with van der Waals surface area (Å²) in [5.74, 6) is -5.30. The number of alkyl halides is 6. The van der Waals surface area contributed by atoms with Crippen LogP contribution in [0.5, 0.6) is 0 Å². The van der Waals surface area contributed by atoms with Gasteiger partial charge in [-0.25, -0.2) is 19.6 Å². The molecule has 2 heterocycles. The molecule has 0 fully saturated rings. The summed E-state index contributed by atoms with van der Waals surface area (Å²) in [7, 11) is 0. The summed E-state index contributed by atoms with van der Waals surface area (Å²) in [5.41, 5.74) is 1.61. The molecular weight excluding hydrogens is 834 g/mol. The molecule has 62 heavy (non-hydrogen) atoms. The molecule has 4 aromatic rings. The lowest BCUT2D eigenvalue weighted by Crippen LogP contribution is -2.29. The standard InChI is InChI=1S/C36H46N8O4.2C2HF3O2/c45-33(17-19-35(47)43-31-15-13-27-9-1-3-11-29(27)41-31)39-25-7-23-37-21-5-6-22-38-24-8-26-40-34(46)18-20-36(48)44-32-16-14-28-10-2-4-12-30(28)42-32;2*3-2(4,5)1(6)7/h1-4,9-16,37-38H,5-8,17-26H2,(H,39,45)(H,40,46)(H,41,43,47)(H,42,44,48);2*(H,6,7). The summed E-state index contributed by atoms with van der Waals surface area (Å²) in [5, 5.41) is 34.3. The second-order valence-electron chi connectivity index (χ2n) is 13.1. The van der Waals surface area contributed by atoms with Crippen LogP contribution < -0.4 is 31.9 Å². The number of benzene rings is 2. The van der Waals surface area contributed by atoms with Crippen molar-refractivity contribution in [2.24, 2.45) is 0 Å². The molecule has 22 heteroatoms. The smallest absolute Gasteiger partial charge is 0.475 e. The number of aliphatic carboxylic acids is 2. The number of hydrogen-bond acceptors (Lipinski definition) is 10. The lowest BCUT2D eigenvalue weighted by molar-refractivity contribution is -0.193. The molecule has 0 bridgehead atoms. The third-order valence-electron chi connectivity index (χ3n) is 8.04. The Morgan fingerprint density at radius 3 is 1.13 bits per heavy atom. The van der Waals surface area contributed by atoms with Crippen molar-refractivity contribution in [1.82, 2.24) is 31.2 Å². The van der Waals surface area contributed by atoms with Crippen molar-refractivity contribution in [1.29, 1.82) is 0 Å². The number of pyridine rings is 2. The summed E-state index contributed by atoms with van der Waals surface area (Å²) in [6, 6.07) is 22.7. The van der Waals surface area contributed by atoms with Crippen LogP contribution in [0.1, 0.15) is 51.4 Å². The minimum atomic E-state index is -5.08. The molecule has 0 aliphatic carbocycles. The Kier molecular flexibility index (Phi) is 22.9. The third-order valence-corrected chi connectivity index (χ3v) is 8.04. The van der Waals surface area contributed by atoms with Crippen LogP contribution in [-0.4, -0.2) is 107 Å². The van der Waals surface area contributed by atoms with Crippen LogP contribution in [0.4, 0.5) is 38.0 Å². The number of carboxylic acids is 2. The molecule has 2 aromatic heterocycles. The summed E-state index contributed by atoms with van der Waals surface area (Å²) < 4.78 is 63.5. The van der Waals surface area contributed by atoms with Crippen molar-refractivity contribution in [2.45, 2.75) is 63.7 Å². The van der Waals surface area contributed by atoms with E-state index in [1.165, 1.54) is 0 Å². The molecule has 0 atom stereocenters. The zero-order chi connectivity index (χ0) is 46.0. The van der Waals surface area contributed by atoms with E-state index >= 15 is 0 Å². The number of para-hydroxylation sites is 2. The number of halogens is 6. The van der Waals surface area contributed by atoms with Gasteiger partial charge in [-0.2, -0.15) is 26.3 Å². The minimum Gasteiger partial charge on any atom is -0.475 e. The molecule has 0 radical (unpaired) electrons. The van der Waals surface area contributed by atoms with E-state index in [-0.39, 0.29) is 49.3 Å². The molecular formula is C40H48F6N8O8. The molecule has 4 rings (SSSR count). The maximum atomic E-state index is 12.2. The molecule has 16 nitrogen and oxygen atoms in total. The predicted octanol–water partition coefficient (Wildman–Crippen LogP) is 5.16. The monoisotopic (exact) mass is 882 g/mol. The Hall–Kier alpha value is -6.42. The first-order valence-corrected chi connectivity index (χ1v) is 19.2. The second-order valence-corrected chi connectivity index (χ2v) is 13.1. The topological polar surface area (TPSA) is 241 Å². The Labute approximate surface area is 351 Å². The van der Waals surface area contributed by atoms with E-state index in [4.69, 9.17) is 19.8 Å². The molecule has 0 aliphatic rings. The molecule has 0 saturated heterocycles. The molecule has 4 amide bonds. The molecule has 8 N–H and O–H groups in total. The minimum absolute atomic E-state index is 0.105. The average molecular weight is 883 g/mol. The van der Waals surface area contributed by atoms with Crippen LogP contribution in [0, 0.1) is 0 Å². The van der Waals surface area contributed by atoms with Crippen molar-refractivity contribution in [3.8, 4) is 0 Å². The van der Waals surface area contributed by atoms with E-state index in [0.29, 0.717) is 24.7 Å². The number of carbonyl (C=O) groups excluding carboxylic acids is 4. The Morgan fingerprint density at radius 2 is 0.774 bits per heavy atom. The SMILES string of the molecule is O=C(CCC(=O)Nc1ccc2ccccc2n1)NCCCNCCCCNCCCNC(=O)CCC(=O)Nc1ccc2ccccc2n1.O=C(O)C(F)(F)F.O=C(O)C(F)(F)F. The first-order chi connectivity index (χ1) is 29.3. The molecule has 0 aliphatic heterocycles. The molecule has 0 spiro atoms. The van der Waals surface area contributed by atoms with E-state index in [1.54, 1.807) is 12.1 Å². The first kappa shape index (κ1) is 51.7. The predicted molar refractivity (Wildman–Crippen MR) is 217 cm³/mol. The van der Waals surface area contributed by atoms with Gasteiger partial charge in [0.15, 0.2) is 0 Å². The number of anilines is 2. The van der Waals surface area contributed by atoms with Gasteiger partial charge >= 0.3 is 24.3 Å². The van der Waals surface area contributed by atoms with E-state index in [2.05, 4.69) is 41.9 Å². The summed E-state index contributed by atoms with van der Waals surface area (Å²) in [6.45, 7) is 4.55. The Balaban J connectivity index is 0.000000811. The number of aromatic nitrogens is 2. The van der Waals surface area contributed by atoms with E-state index in [9.17, 15) is 45.5 Å². The molecule has 338 valence electrons. The van der Waals surface area contributed by atoms with Gasteiger partial charge in [0.1, 0.15) is 11.6 Å². The number of carboxylic acid groups (broad SMARTS) is 2. The number of amides is 4. The van der Waals surface area contributed by atoms with Crippen LogP contribution in [0.3, 0.4) is 0 Å². The van der Waals surface area contributed by atoms with E-state index in [0.717, 1.165) is 73.7 Å². The Bertz CT molecular complexity index is 1930. The number of rotatable bonds is 21. The summed E-state index contributed by atoms with van der Waals surface area (Å²) in [4.78, 5) is 75.2. The van der Waals surface area contributed by atoms with Crippen molar-refractivity contribution >= 4 is 69.0 Å². The van der Waals surface area contributed by atoms with Crippen molar-refractivity contribution < 1.29 is 65.3 Å². The molecule has 0 unspecified atom stereocenters. The number of nitrogens with zero attached hydrogens (tertiary/aromatic N) is 2. The highest BCUT2D eigenvalue weighted by Gasteiger charge is 2.38. The van der Waals surface area contributed by atoms with Crippen LogP contribution in [0.15, 0.2) is 72.8 Å². The number of fused-ring (bicyclic) bond motifs is 2. The van der Waals surface area contributed by atoms with Crippen LogP contribution >= 0.6 is 0 Å². The van der Waals surface area contributed by atoms with Gasteiger partial charge in [-0.3, -0.25) is 19.2 Å². The lowest BCUT2D eigenvalue weighted by atomic mass is 10.2. The first-order valence-electron chi connectivity index (χ1n) is 19.2. The maximum absolute atomic E-state index is 12.2. The normalized spacial score (nSPS) is 11.0. The Morgan fingerprint density at radius 1 is 0.452 bits per heavy atom. The van der Waals surface area contributed by atoms with Crippen LogP contribution in [0.25, 0.3) is 21.8 Å². The van der Waals surface area contributed by atoms with Crippen LogP contribution in [-0.2, 0) is 28.8 Å². The van der Waals surface area contributed by atoms with Gasteiger partial charge in [0, 0.05) is 49.5 Å². The average Bonchev–Trinajstić information content (AvgIpc) is 3.22. The lowest BCUT2D eigenvalue weighted by Gasteiger charge is -2.09. The van der Waals surface area contributed by atoms with Crippen molar-refractivity contribution in [3.05, 3.63) is 72.8 Å². The fraction of sp³-hybridized carbons (Fsp3) is 0.400. The fourth-order valence-electron chi connectivity index (χ4n) is 4.95. The van der Waals surface area contributed by atoms with E-state index < -0.39 is 24.3 Å². The zero-order valence-electron chi connectivity index (χ0n) is 33.3. The van der Waals surface area contributed by atoms with Crippen molar-refractivity contribution in [2.75, 3.05) is 49.9 Å². The second kappa shape index (κ2) is 27.4. The van der Waals surface area contributed by atoms with Gasteiger partial charge in [-0.05, 0) is 88.3 Å². The number of carbonyl (C=O) groups is 6. The third kappa shape index (κ3) is 22.8. The van der Waals surface area contributed by atoms with Crippen molar-refractivity contribution in [3.63, 3.8) is 0 Å². The van der Waals surface area contributed by atoms with Gasteiger partial charge < -0.3 is 42.1 Å². The fourth-order valence-corrected chi connectivity index (χ4v) is 4.95. The summed E-state index contributed by atoms with van der Waals surface area (Å²) >= 11 is 0. The molecule has 0 saturated carbocycles. The van der Waals surface area contributed by atoms with Gasteiger partial charge in [-0.1, -0.05) is 36.4 Å². The highest BCUT2D eigenvalue weighted by atomic mass is 19.4. The highest BCUT2D eigenvalue weighted by molar-refractivity contribution is 5.94. The highest BCUT2D eigenvalue weighted by Crippen LogP contribution is 2.17. The molecule has 2 aromatic carbocycles. The quantitative estimate of drug-likeness (QED) is 0.0400. The number of nitrogens with one attached hydrogen (secondary N) is 6. The van der Waals surface area contributed by atoms with Gasteiger partial charge in [0.25, 0.3) is 0 Å². The van der Waals surface area contributed by atoms with Gasteiger partial charge in [-0.15, -0.1) is 0 Å².